The highest BCUT2D eigenvalue weighted by atomic mass is 19.1. The van der Waals surface area contributed by atoms with Crippen LogP contribution in [0.2, 0.25) is 0 Å². The standard InChI is InChI=1S/C26H24F2N6O2/c27-21-8-11-23(24(28)12-21)26(35,15-34-18-31-17-33-34)14-30-16-32-25(29)20-6-9-22(10-7-20)36-13-19-4-2-1-3-5-19/h1-12,16-18,35H,13-15H2,(H2,29,30,32). The molecule has 0 amide bonds. The molecule has 8 nitrogen and oxygen atoms in total. The van der Waals surface area contributed by atoms with Crippen molar-refractivity contribution in [3.63, 3.8) is 0 Å². The number of aromatic nitrogens is 3. The zero-order chi connectivity index (χ0) is 25.4. The molecule has 10 heteroatoms. The van der Waals surface area contributed by atoms with Crippen LogP contribution in [0.15, 0.2) is 95.4 Å². The molecule has 36 heavy (non-hydrogen) atoms. The van der Waals surface area contributed by atoms with Gasteiger partial charge in [0.05, 0.1) is 13.1 Å². The van der Waals surface area contributed by atoms with Crippen LogP contribution in [-0.4, -0.2) is 38.6 Å². The molecular formula is C26H24F2N6O2. The molecule has 0 saturated heterocycles. The van der Waals surface area contributed by atoms with Gasteiger partial charge in [0.25, 0.3) is 0 Å². The summed E-state index contributed by atoms with van der Waals surface area (Å²) >= 11 is 0. The van der Waals surface area contributed by atoms with E-state index in [-0.39, 0.29) is 24.5 Å². The normalized spacial score (nSPS) is 13.6. The highest BCUT2D eigenvalue weighted by Crippen LogP contribution is 2.27. The fourth-order valence-corrected chi connectivity index (χ4v) is 3.50. The summed E-state index contributed by atoms with van der Waals surface area (Å²) in [5.41, 5.74) is 5.81. The number of nitrogens with zero attached hydrogens (tertiary/aromatic N) is 5. The molecule has 0 bridgehead atoms. The first-order valence-electron chi connectivity index (χ1n) is 11.0. The molecule has 0 radical (unpaired) electrons. The summed E-state index contributed by atoms with van der Waals surface area (Å²) in [6, 6.07) is 19.9. The Morgan fingerprint density at radius 3 is 2.56 bits per heavy atom. The van der Waals surface area contributed by atoms with Gasteiger partial charge in [-0.2, -0.15) is 5.10 Å². The Bertz CT molecular complexity index is 1330. The molecule has 0 aliphatic rings. The lowest BCUT2D eigenvalue weighted by Crippen LogP contribution is -2.36. The summed E-state index contributed by atoms with van der Waals surface area (Å²) in [6.45, 7) is 0.0115. The maximum Gasteiger partial charge on any atom is 0.137 e. The van der Waals surface area contributed by atoms with Gasteiger partial charge in [0.1, 0.15) is 54.4 Å². The van der Waals surface area contributed by atoms with Crippen LogP contribution in [0.25, 0.3) is 0 Å². The SMILES string of the molecule is NC(=NC=NCC(O)(Cn1cncn1)c1ccc(F)cc1F)c1ccc(OCc2ccccc2)cc1. The maximum atomic E-state index is 14.5. The van der Waals surface area contributed by atoms with Crippen molar-refractivity contribution in [1.82, 2.24) is 14.8 Å². The largest absolute Gasteiger partial charge is 0.489 e. The molecule has 0 spiro atoms. The van der Waals surface area contributed by atoms with Crippen LogP contribution in [0, 0.1) is 11.6 Å². The van der Waals surface area contributed by atoms with E-state index in [4.69, 9.17) is 10.5 Å². The number of aliphatic hydroxyl groups is 1. The first kappa shape index (κ1) is 24.7. The van der Waals surface area contributed by atoms with Crippen molar-refractivity contribution in [2.45, 2.75) is 18.8 Å². The highest BCUT2D eigenvalue weighted by molar-refractivity contribution is 6.01. The molecule has 3 N–H and O–H groups in total. The van der Waals surface area contributed by atoms with Crippen LogP contribution in [0.3, 0.4) is 0 Å². The average Bonchev–Trinajstić information content (AvgIpc) is 3.39. The summed E-state index contributed by atoms with van der Waals surface area (Å²) in [4.78, 5) is 12.1. The molecule has 4 aromatic rings. The van der Waals surface area contributed by atoms with E-state index in [0.29, 0.717) is 24.0 Å². The zero-order valence-electron chi connectivity index (χ0n) is 19.2. The minimum absolute atomic E-state index is 0.125. The highest BCUT2D eigenvalue weighted by Gasteiger charge is 2.33. The summed E-state index contributed by atoms with van der Waals surface area (Å²) in [6.07, 6.45) is 3.84. The van der Waals surface area contributed by atoms with E-state index in [9.17, 15) is 13.9 Å². The van der Waals surface area contributed by atoms with Crippen LogP contribution in [0.5, 0.6) is 5.75 Å². The van der Waals surface area contributed by atoms with E-state index >= 15 is 0 Å². The van der Waals surface area contributed by atoms with E-state index in [0.717, 1.165) is 11.6 Å². The third-order valence-electron chi connectivity index (χ3n) is 5.35. The molecule has 1 unspecified atom stereocenters. The van der Waals surface area contributed by atoms with Gasteiger partial charge in [-0.25, -0.2) is 23.4 Å². The lowest BCUT2D eigenvalue weighted by atomic mass is 9.93. The first-order chi connectivity index (χ1) is 17.4. The van der Waals surface area contributed by atoms with Gasteiger partial charge in [0.15, 0.2) is 0 Å². The second-order valence-corrected chi connectivity index (χ2v) is 8.02. The molecule has 1 heterocycles. The van der Waals surface area contributed by atoms with Crippen molar-refractivity contribution in [1.29, 1.82) is 0 Å². The van der Waals surface area contributed by atoms with E-state index in [2.05, 4.69) is 20.1 Å². The third-order valence-corrected chi connectivity index (χ3v) is 5.35. The average molecular weight is 491 g/mol. The van der Waals surface area contributed by atoms with E-state index in [1.165, 1.54) is 29.7 Å². The summed E-state index contributed by atoms with van der Waals surface area (Å²) in [5, 5.41) is 15.2. The fraction of sp³-hybridized carbons (Fsp3) is 0.154. The smallest absolute Gasteiger partial charge is 0.137 e. The Labute approximate surface area is 206 Å². The van der Waals surface area contributed by atoms with Crippen LogP contribution in [0.1, 0.15) is 16.7 Å². The van der Waals surface area contributed by atoms with Crippen molar-refractivity contribution < 1.29 is 18.6 Å². The van der Waals surface area contributed by atoms with Crippen molar-refractivity contribution in [3.8, 4) is 5.75 Å². The van der Waals surface area contributed by atoms with Crippen molar-refractivity contribution in [2.24, 2.45) is 15.7 Å². The number of rotatable bonds is 10. The molecule has 0 aliphatic heterocycles. The minimum Gasteiger partial charge on any atom is -0.489 e. The Kier molecular flexibility index (Phi) is 7.76. The predicted molar refractivity (Wildman–Crippen MR) is 132 cm³/mol. The minimum atomic E-state index is -1.83. The van der Waals surface area contributed by atoms with Crippen LogP contribution in [-0.2, 0) is 18.8 Å². The van der Waals surface area contributed by atoms with Gasteiger partial charge in [-0.15, -0.1) is 0 Å². The van der Waals surface area contributed by atoms with E-state index < -0.39 is 17.2 Å². The number of nitrogens with two attached hydrogens (primary N) is 1. The summed E-state index contributed by atoms with van der Waals surface area (Å²) in [7, 11) is 0. The Morgan fingerprint density at radius 1 is 1.08 bits per heavy atom. The fourth-order valence-electron chi connectivity index (χ4n) is 3.50. The topological polar surface area (TPSA) is 111 Å². The molecule has 0 saturated carbocycles. The maximum absolute atomic E-state index is 14.5. The number of aliphatic imine (C=N–C) groups is 2. The van der Waals surface area contributed by atoms with E-state index in [1.807, 2.05) is 30.3 Å². The second-order valence-electron chi connectivity index (χ2n) is 8.02. The van der Waals surface area contributed by atoms with Crippen molar-refractivity contribution in [3.05, 3.63) is 114 Å². The summed E-state index contributed by atoms with van der Waals surface area (Å²) in [5.74, 6) is -0.771. The van der Waals surface area contributed by atoms with Crippen LogP contribution in [0.4, 0.5) is 8.78 Å². The lowest BCUT2D eigenvalue weighted by Gasteiger charge is -2.27. The van der Waals surface area contributed by atoms with Gasteiger partial charge in [-0.1, -0.05) is 36.4 Å². The molecule has 4 rings (SSSR count). The molecule has 0 aliphatic carbocycles. The van der Waals surface area contributed by atoms with Gasteiger partial charge >= 0.3 is 0 Å². The van der Waals surface area contributed by atoms with Crippen LogP contribution >= 0.6 is 0 Å². The van der Waals surface area contributed by atoms with Gasteiger partial charge in [0, 0.05) is 17.2 Å². The number of hydrogen-bond acceptors (Lipinski definition) is 5. The summed E-state index contributed by atoms with van der Waals surface area (Å²) < 4.78 is 35.0. The predicted octanol–water partition coefficient (Wildman–Crippen LogP) is 3.46. The number of benzene rings is 3. The molecular weight excluding hydrogens is 466 g/mol. The molecule has 1 atom stereocenters. The third kappa shape index (κ3) is 6.36. The van der Waals surface area contributed by atoms with Gasteiger partial charge < -0.3 is 15.6 Å². The van der Waals surface area contributed by atoms with E-state index in [1.54, 1.807) is 24.3 Å². The van der Waals surface area contributed by atoms with Crippen molar-refractivity contribution in [2.75, 3.05) is 6.54 Å². The second kappa shape index (κ2) is 11.3. The van der Waals surface area contributed by atoms with Gasteiger partial charge in [-0.05, 0) is 35.9 Å². The molecule has 0 fully saturated rings. The van der Waals surface area contributed by atoms with Crippen molar-refractivity contribution >= 4 is 12.2 Å². The lowest BCUT2D eigenvalue weighted by molar-refractivity contribution is 0.0211. The monoisotopic (exact) mass is 490 g/mol. The molecule has 3 aromatic carbocycles. The van der Waals surface area contributed by atoms with Gasteiger partial charge in [0.2, 0.25) is 0 Å². The Morgan fingerprint density at radius 2 is 1.86 bits per heavy atom. The molecule has 1 aromatic heterocycles. The number of ether oxygens (including phenoxy) is 1. The zero-order valence-corrected chi connectivity index (χ0v) is 19.2. The Balaban J connectivity index is 1.42. The molecule has 184 valence electrons. The number of hydrogen-bond donors (Lipinski definition) is 2. The quantitative estimate of drug-likeness (QED) is 0.261. The first-order valence-corrected chi connectivity index (χ1v) is 11.0. The van der Waals surface area contributed by atoms with Crippen LogP contribution < -0.4 is 10.5 Å². The van der Waals surface area contributed by atoms with Gasteiger partial charge in [-0.3, -0.25) is 4.99 Å². The number of amidine groups is 1. The number of halogens is 2. The Hall–Kier alpha value is -4.44.